The zero-order chi connectivity index (χ0) is 12.8. The van der Waals surface area contributed by atoms with E-state index in [-0.39, 0.29) is 5.92 Å². The SMILES string of the molecule is C=CCC(C(=S)N(C)C)c1ccc(OC)cc1. The van der Waals surface area contributed by atoms with Crippen molar-refractivity contribution in [2.75, 3.05) is 21.2 Å². The minimum atomic E-state index is 0.211. The number of likely N-dealkylation sites (N-methyl/N-ethyl adjacent to an activating group) is 1. The summed E-state index contributed by atoms with van der Waals surface area (Å²) in [7, 11) is 5.62. The molecule has 92 valence electrons. The zero-order valence-electron chi connectivity index (χ0n) is 10.6. The van der Waals surface area contributed by atoms with E-state index in [0.717, 1.165) is 17.2 Å². The van der Waals surface area contributed by atoms with Gasteiger partial charge in [0.2, 0.25) is 0 Å². The fourth-order valence-corrected chi connectivity index (χ4v) is 1.93. The highest BCUT2D eigenvalue weighted by Gasteiger charge is 2.16. The van der Waals surface area contributed by atoms with Crippen LogP contribution in [0.4, 0.5) is 0 Å². The van der Waals surface area contributed by atoms with Gasteiger partial charge in [0.25, 0.3) is 0 Å². The Morgan fingerprint density at radius 2 is 2.00 bits per heavy atom. The summed E-state index contributed by atoms with van der Waals surface area (Å²) in [5.74, 6) is 1.07. The van der Waals surface area contributed by atoms with Gasteiger partial charge >= 0.3 is 0 Å². The third-order valence-corrected chi connectivity index (χ3v) is 3.31. The highest BCUT2D eigenvalue weighted by molar-refractivity contribution is 7.80. The first kappa shape index (κ1) is 13.7. The molecule has 1 rings (SSSR count). The Balaban J connectivity index is 2.96. The Labute approximate surface area is 109 Å². The second-order valence-corrected chi connectivity index (χ2v) is 4.50. The molecule has 0 saturated carbocycles. The van der Waals surface area contributed by atoms with E-state index in [2.05, 4.69) is 18.7 Å². The van der Waals surface area contributed by atoms with Crippen LogP contribution in [0.2, 0.25) is 0 Å². The van der Waals surface area contributed by atoms with Gasteiger partial charge in [0, 0.05) is 20.0 Å². The van der Waals surface area contributed by atoms with Crippen molar-refractivity contribution in [1.82, 2.24) is 4.90 Å². The molecule has 0 fully saturated rings. The van der Waals surface area contributed by atoms with E-state index >= 15 is 0 Å². The van der Waals surface area contributed by atoms with Crippen LogP contribution in [0.3, 0.4) is 0 Å². The van der Waals surface area contributed by atoms with E-state index in [1.54, 1.807) is 7.11 Å². The van der Waals surface area contributed by atoms with Crippen LogP contribution in [0.15, 0.2) is 36.9 Å². The lowest BCUT2D eigenvalue weighted by Gasteiger charge is -2.23. The van der Waals surface area contributed by atoms with Crippen molar-refractivity contribution in [3.05, 3.63) is 42.5 Å². The lowest BCUT2D eigenvalue weighted by atomic mass is 9.95. The molecule has 3 heteroatoms. The highest BCUT2D eigenvalue weighted by Crippen LogP contribution is 2.25. The van der Waals surface area contributed by atoms with Crippen LogP contribution in [0, 0.1) is 0 Å². The number of ether oxygens (including phenoxy) is 1. The van der Waals surface area contributed by atoms with Crippen LogP contribution in [0.5, 0.6) is 5.75 Å². The highest BCUT2D eigenvalue weighted by atomic mass is 32.1. The predicted octanol–water partition coefficient (Wildman–Crippen LogP) is 3.24. The maximum absolute atomic E-state index is 5.45. The van der Waals surface area contributed by atoms with Gasteiger partial charge in [-0.1, -0.05) is 30.4 Å². The lowest BCUT2D eigenvalue weighted by molar-refractivity contribution is 0.414. The first-order valence-electron chi connectivity index (χ1n) is 5.56. The van der Waals surface area contributed by atoms with Crippen molar-refractivity contribution in [2.45, 2.75) is 12.3 Å². The van der Waals surface area contributed by atoms with Crippen molar-refractivity contribution >= 4 is 17.2 Å². The number of allylic oxidation sites excluding steroid dienone is 1. The second kappa shape index (κ2) is 6.40. The van der Waals surface area contributed by atoms with Crippen molar-refractivity contribution in [2.24, 2.45) is 0 Å². The third-order valence-electron chi connectivity index (χ3n) is 2.66. The van der Waals surface area contributed by atoms with E-state index in [0.29, 0.717) is 0 Å². The van der Waals surface area contributed by atoms with Crippen LogP contribution in [-0.4, -0.2) is 31.1 Å². The van der Waals surface area contributed by atoms with E-state index in [1.807, 2.05) is 37.2 Å². The molecule has 0 aliphatic carbocycles. The van der Waals surface area contributed by atoms with Gasteiger partial charge in [-0.15, -0.1) is 6.58 Å². The molecule has 0 N–H and O–H groups in total. The van der Waals surface area contributed by atoms with Gasteiger partial charge in [-0.3, -0.25) is 0 Å². The first-order chi connectivity index (χ1) is 8.10. The van der Waals surface area contributed by atoms with Crippen LogP contribution in [0.25, 0.3) is 0 Å². The Bertz CT molecular complexity index is 384. The summed E-state index contributed by atoms with van der Waals surface area (Å²) in [6.45, 7) is 3.80. The molecule has 1 aromatic carbocycles. The molecule has 2 nitrogen and oxygen atoms in total. The Hall–Kier alpha value is -1.35. The number of thiocarbonyl (C=S) groups is 1. The summed E-state index contributed by atoms with van der Waals surface area (Å²) >= 11 is 5.45. The second-order valence-electron chi connectivity index (χ2n) is 4.08. The maximum atomic E-state index is 5.45. The number of hydrogen-bond donors (Lipinski definition) is 0. The quantitative estimate of drug-likeness (QED) is 0.587. The normalized spacial score (nSPS) is 11.7. The summed E-state index contributed by atoms with van der Waals surface area (Å²) in [5, 5.41) is 0. The molecule has 0 spiro atoms. The van der Waals surface area contributed by atoms with Gasteiger partial charge in [0.15, 0.2) is 0 Å². The van der Waals surface area contributed by atoms with Gasteiger partial charge in [-0.05, 0) is 24.1 Å². The van der Waals surface area contributed by atoms with E-state index in [9.17, 15) is 0 Å². The summed E-state index contributed by atoms with van der Waals surface area (Å²) < 4.78 is 5.15. The molecular weight excluding hydrogens is 230 g/mol. The molecule has 1 atom stereocenters. The monoisotopic (exact) mass is 249 g/mol. The molecule has 0 bridgehead atoms. The average Bonchev–Trinajstić information content (AvgIpc) is 2.35. The Morgan fingerprint density at radius 3 is 2.41 bits per heavy atom. The van der Waals surface area contributed by atoms with Crippen LogP contribution in [0.1, 0.15) is 17.9 Å². The third kappa shape index (κ3) is 3.56. The van der Waals surface area contributed by atoms with Crippen molar-refractivity contribution in [1.29, 1.82) is 0 Å². The predicted molar refractivity (Wildman–Crippen MR) is 76.8 cm³/mol. The Morgan fingerprint density at radius 1 is 1.41 bits per heavy atom. The molecule has 0 aliphatic heterocycles. The molecule has 1 unspecified atom stereocenters. The molecule has 0 aliphatic rings. The Kier molecular flexibility index (Phi) is 5.16. The molecule has 17 heavy (non-hydrogen) atoms. The number of hydrogen-bond acceptors (Lipinski definition) is 2. The fraction of sp³-hybridized carbons (Fsp3) is 0.357. The van der Waals surface area contributed by atoms with Gasteiger partial charge < -0.3 is 9.64 Å². The smallest absolute Gasteiger partial charge is 0.118 e. The van der Waals surface area contributed by atoms with Crippen molar-refractivity contribution in [3.63, 3.8) is 0 Å². The van der Waals surface area contributed by atoms with Gasteiger partial charge in [0.05, 0.1) is 12.1 Å². The zero-order valence-corrected chi connectivity index (χ0v) is 11.5. The topological polar surface area (TPSA) is 12.5 Å². The van der Waals surface area contributed by atoms with E-state index in [4.69, 9.17) is 17.0 Å². The largest absolute Gasteiger partial charge is 0.497 e. The first-order valence-corrected chi connectivity index (χ1v) is 5.97. The van der Waals surface area contributed by atoms with Gasteiger partial charge in [-0.25, -0.2) is 0 Å². The van der Waals surface area contributed by atoms with Gasteiger partial charge in [-0.2, -0.15) is 0 Å². The summed E-state index contributed by atoms with van der Waals surface area (Å²) in [4.78, 5) is 2.91. The van der Waals surface area contributed by atoms with E-state index < -0.39 is 0 Å². The van der Waals surface area contributed by atoms with Crippen molar-refractivity contribution in [3.8, 4) is 5.75 Å². The average molecular weight is 249 g/mol. The molecule has 1 aromatic rings. The fourth-order valence-electron chi connectivity index (χ4n) is 1.69. The van der Waals surface area contributed by atoms with Crippen molar-refractivity contribution < 1.29 is 4.74 Å². The van der Waals surface area contributed by atoms with E-state index in [1.165, 1.54) is 5.56 Å². The lowest BCUT2D eigenvalue weighted by Crippen LogP contribution is -2.26. The molecule has 0 radical (unpaired) electrons. The summed E-state index contributed by atoms with van der Waals surface area (Å²) in [5.41, 5.74) is 1.20. The molecule has 0 amide bonds. The number of rotatable bonds is 5. The molecular formula is C14H19NOS. The number of benzene rings is 1. The molecule has 0 saturated heterocycles. The maximum Gasteiger partial charge on any atom is 0.118 e. The van der Waals surface area contributed by atoms with Crippen LogP contribution < -0.4 is 4.74 Å². The standard InChI is InChI=1S/C14H19NOS/c1-5-6-13(14(17)15(2)3)11-7-9-12(16-4)10-8-11/h5,7-10,13H,1,6H2,2-4H3. The number of methoxy groups -OCH3 is 1. The molecule has 0 heterocycles. The summed E-state index contributed by atoms with van der Waals surface area (Å²) in [6, 6.07) is 8.04. The minimum absolute atomic E-state index is 0.211. The van der Waals surface area contributed by atoms with Crippen LogP contribution >= 0.6 is 12.2 Å². The summed E-state index contributed by atoms with van der Waals surface area (Å²) in [6.07, 6.45) is 2.76. The minimum Gasteiger partial charge on any atom is -0.497 e. The van der Waals surface area contributed by atoms with Crippen LogP contribution in [-0.2, 0) is 0 Å². The van der Waals surface area contributed by atoms with Gasteiger partial charge in [0.1, 0.15) is 5.75 Å². The number of nitrogens with zero attached hydrogens (tertiary/aromatic N) is 1. The molecule has 0 aromatic heterocycles.